The van der Waals surface area contributed by atoms with Crippen LogP contribution in [0.25, 0.3) is 5.57 Å². The Morgan fingerprint density at radius 3 is 2.60 bits per heavy atom. The summed E-state index contributed by atoms with van der Waals surface area (Å²) in [5.41, 5.74) is 9.35. The number of rotatable bonds is 9. The van der Waals surface area contributed by atoms with Gasteiger partial charge in [-0.15, -0.1) is 0 Å². The van der Waals surface area contributed by atoms with E-state index in [-0.39, 0.29) is 24.3 Å². The number of allylic oxidation sites excluding steroid dienone is 3. The predicted octanol–water partition coefficient (Wildman–Crippen LogP) is 4.35. The number of ether oxygens (including phenoxy) is 2. The summed E-state index contributed by atoms with van der Waals surface area (Å²) in [5, 5.41) is 10.2. The van der Waals surface area contributed by atoms with Crippen LogP contribution in [0.4, 0.5) is 0 Å². The third-order valence-electron chi connectivity index (χ3n) is 4.61. The topological polar surface area (TPSA) is 94.7 Å². The molecule has 1 aromatic carbocycles. The number of pyridine rings is 1. The molecule has 2 aromatic rings. The molecule has 0 spiro atoms. The van der Waals surface area contributed by atoms with Crippen LogP contribution in [0.3, 0.4) is 0 Å². The van der Waals surface area contributed by atoms with E-state index in [1.165, 1.54) is 0 Å². The number of aromatic nitrogens is 1. The van der Waals surface area contributed by atoms with Crippen LogP contribution in [0.5, 0.6) is 5.75 Å². The maximum atomic E-state index is 11.9. The first-order valence-corrected chi connectivity index (χ1v) is 10.00. The number of carbonyl (C=O) groups excluding carboxylic acids is 1. The lowest BCUT2D eigenvalue weighted by Gasteiger charge is -2.19. The fourth-order valence-electron chi connectivity index (χ4n) is 2.87. The second kappa shape index (κ2) is 11.2. The van der Waals surface area contributed by atoms with Crippen molar-refractivity contribution in [3.63, 3.8) is 0 Å². The Kier molecular flexibility index (Phi) is 8.62. The number of esters is 1. The molecule has 0 radical (unpaired) electrons. The summed E-state index contributed by atoms with van der Waals surface area (Å²) < 4.78 is 11.2. The summed E-state index contributed by atoms with van der Waals surface area (Å²) in [4.78, 5) is 16.4. The molecule has 1 heterocycles. The van der Waals surface area contributed by atoms with E-state index in [0.717, 1.165) is 16.8 Å². The predicted molar refractivity (Wildman–Crippen MR) is 118 cm³/mol. The van der Waals surface area contributed by atoms with E-state index in [1.807, 2.05) is 62.4 Å². The summed E-state index contributed by atoms with van der Waals surface area (Å²) >= 11 is 0. The molecule has 1 aromatic heterocycles. The quantitative estimate of drug-likeness (QED) is 0.363. The third kappa shape index (κ3) is 6.46. The lowest BCUT2D eigenvalue weighted by molar-refractivity contribution is -0.142. The van der Waals surface area contributed by atoms with Crippen LogP contribution < -0.4 is 10.5 Å². The molecular formula is C24H30N2O4. The summed E-state index contributed by atoms with van der Waals surface area (Å²) in [7, 11) is 0. The zero-order valence-electron chi connectivity index (χ0n) is 18.0. The van der Waals surface area contributed by atoms with Gasteiger partial charge in [0.1, 0.15) is 11.9 Å². The van der Waals surface area contributed by atoms with Crippen LogP contribution in [0.1, 0.15) is 44.6 Å². The first-order valence-electron chi connectivity index (χ1n) is 10.00. The number of hydrogen-bond acceptors (Lipinski definition) is 6. The molecular weight excluding hydrogens is 380 g/mol. The summed E-state index contributed by atoms with van der Waals surface area (Å²) in [6.07, 6.45) is 1.72. The number of aliphatic hydroxyl groups excluding tert-OH is 1. The highest BCUT2D eigenvalue weighted by atomic mass is 16.5. The van der Waals surface area contributed by atoms with E-state index in [2.05, 4.69) is 4.98 Å². The molecule has 0 aliphatic rings. The third-order valence-corrected chi connectivity index (χ3v) is 4.61. The summed E-state index contributed by atoms with van der Waals surface area (Å²) in [6.45, 7) is 7.91. The maximum absolute atomic E-state index is 11.9. The van der Waals surface area contributed by atoms with E-state index < -0.39 is 0 Å². The molecule has 2 rings (SSSR count). The molecule has 3 N–H and O–H groups in total. The number of nitrogens with two attached hydrogens (primary N) is 1. The zero-order chi connectivity index (χ0) is 22.1. The van der Waals surface area contributed by atoms with Crippen molar-refractivity contribution in [2.45, 2.75) is 46.8 Å². The van der Waals surface area contributed by atoms with Crippen molar-refractivity contribution in [2.24, 2.45) is 5.73 Å². The van der Waals surface area contributed by atoms with Gasteiger partial charge in [-0.1, -0.05) is 24.3 Å². The van der Waals surface area contributed by atoms with Gasteiger partial charge >= 0.3 is 5.97 Å². The first kappa shape index (κ1) is 23.2. The Labute approximate surface area is 178 Å². The van der Waals surface area contributed by atoms with Crippen molar-refractivity contribution < 1.29 is 19.4 Å². The van der Waals surface area contributed by atoms with Crippen molar-refractivity contribution in [3.05, 3.63) is 76.8 Å². The van der Waals surface area contributed by atoms with Gasteiger partial charge in [-0.25, -0.2) is 0 Å². The van der Waals surface area contributed by atoms with Gasteiger partial charge in [-0.2, -0.15) is 0 Å². The van der Waals surface area contributed by atoms with E-state index in [1.54, 1.807) is 13.8 Å². The Bertz CT molecular complexity index is 930. The second-order valence-electron chi connectivity index (χ2n) is 6.96. The highest BCUT2D eigenvalue weighted by Gasteiger charge is 2.14. The minimum Gasteiger partial charge on any atom is -0.512 e. The molecule has 0 fully saturated rings. The highest BCUT2D eigenvalue weighted by molar-refractivity contribution is 5.74. The number of para-hydroxylation sites is 1. The van der Waals surface area contributed by atoms with Gasteiger partial charge in [0.05, 0.1) is 30.2 Å². The number of nitrogens with zero attached hydrogens (tertiary/aromatic N) is 1. The van der Waals surface area contributed by atoms with Gasteiger partial charge in [-0.3, -0.25) is 9.78 Å². The van der Waals surface area contributed by atoms with E-state index in [4.69, 9.17) is 15.2 Å². The molecule has 0 bridgehead atoms. The minimum absolute atomic E-state index is 0.149. The van der Waals surface area contributed by atoms with Gasteiger partial charge in [0.15, 0.2) is 0 Å². The van der Waals surface area contributed by atoms with Crippen molar-refractivity contribution in [1.82, 2.24) is 4.98 Å². The average Bonchev–Trinajstić information content (AvgIpc) is 2.73. The fraction of sp³-hybridized carbons (Fsp3) is 0.333. The lowest BCUT2D eigenvalue weighted by atomic mass is 10.0. The largest absolute Gasteiger partial charge is 0.512 e. The van der Waals surface area contributed by atoms with E-state index >= 15 is 0 Å². The number of benzene rings is 1. The monoisotopic (exact) mass is 410 g/mol. The van der Waals surface area contributed by atoms with Crippen molar-refractivity contribution in [3.8, 4) is 5.75 Å². The van der Waals surface area contributed by atoms with Gasteiger partial charge in [-0.05, 0) is 57.5 Å². The van der Waals surface area contributed by atoms with Crippen LogP contribution in [-0.4, -0.2) is 28.8 Å². The van der Waals surface area contributed by atoms with Gasteiger partial charge < -0.3 is 20.3 Å². The molecule has 0 saturated carbocycles. The Morgan fingerprint density at radius 2 is 1.93 bits per heavy atom. The lowest BCUT2D eigenvalue weighted by Crippen LogP contribution is -2.16. The van der Waals surface area contributed by atoms with Crippen LogP contribution >= 0.6 is 0 Å². The smallest absolute Gasteiger partial charge is 0.310 e. The second-order valence-corrected chi connectivity index (χ2v) is 6.96. The van der Waals surface area contributed by atoms with E-state index in [9.17, 15) is 9.90 Å². The van der Waals surface area contributed by atoms with Crippen LogP contribution in [-0.2, 0) is 22.5 Å². The van der Waals surface area contributed by atoms with Crippen LogP contribution in [0.15, 0.2) is 59.9 Å². The molecule has 0 amide bonds. The average molecular weight is 411 g/mol. The van der Waals surface area contributed by atoms with Gasteiger partial charge in [0, 0.05) is 17.7 Å². The Hall–Kier alpha value is -3.12. The van der Waals surface area contributed by atoms with Crippen molar-refractivity contribution >= 4 is 11.5 Å². The number of hydrogen-bond donors (Lipinski definition) is 2. The zero-order valence-corrected chi connectivity index (χ0v) is 18.0. The van der Waals surface area contributed by atoms with E-state index in [0.29, 0.717) is 30.2 Å². The molecule has 1 unspecified atom stereocenters. The standard InChI is InChI=1S/C24H30N2O4/c1-5-29-24(28)14-19-9-6-7-12-23(19)30-18(4)16(2)13-21(17(3)27)22-11-8-10-20(15-25)26-22/h6-13,18,27H,5,14-15,25H2,1-4H3/b16-13+,21-17-. The van der Waals surface area contributed by atoms with Gasteiger partial charge in [0.25, 0.3) is 0 Å². The fourth-order valence-corrected chi connectivity index (χ4v) is 2.87. The summed E-state index contributed by atoms with van der Waals surface area (Å²) in [5.74, 6) is 0.492. The normalized spacial score (nSPS) is 13.4. The van der Waals surface area contributed by atoms with Crippen LogP contribution in [0, 0.1) is 0 Å². The molecule has 6 heteroatoms. The Morgan fingerprint density at radius 1 is 1.20 bits per heavy atom. The molecule has 160 valence electrons. The highest BCUT2D eigenvalue weighted by Crippen LogP contribution is 2.25. The van der Waals surface area contributed by atoms with Gasteiger partial charge in [0.2, 0.25) is 0 Å². The SMILES string of the molecule is CCOC(=O)Cc1ccccc1OC(C)/C(C)=C/C(=C(\C)O)c1cccc(CN)n1. The Balaban J connectivity index is 2.24. The minimum atomic E-state index is -0.291. The summed E-state index contributed by atoms with van der Waals surface area (Å²) in [6, 6.07) is 12.9. The maximum Gasteiger partial charge on any atom is 0.310 e. The number of carbonyl (C=O) groups is 1. The molecule has 6 nitrogen and oxygen atoms in total. The molecule has 1 atom stereocenters. The molecule has 0 aliphatic carbocycles. The van der Waals surface area contributed by atoms with Crippen LogP contribution in [0.2, 0.25) is 0 Å². The molecule has 0 saturated heterocycles. The first-order chi connectivity index (χ1) is 14.3. The number of aliphatic hydroxyl groups is 1. The van der Waals surface area contributed by atoms with Crippen molar-refractivity contribution in [2.75, 3.05) is 6.61 Å². The molecule has 30 heavy (non-hydrogen) atoms. The van der Waals surface area contributed by atoms with Crippen molar-refractivity contribution in [1.29, 1.82) is 0 Å². The molecule has 0 aliphatic heterocycles.